The van der Waals surface area contributed by atoms with Gasteiger partial charge >= 0.3 is 0 Å². The van der Waals surface area contributed by atoms with Crippen molar-refractivity contribution in [3.63, 3.8) is 0 Å². The molecule has 0 saturated heterocycles. The Morgan fingerprint density at radius 2 is 2.07 bits per heavy atom. The molecule has 3 heteroatoms. The number of nitrogens with one attached hydrogen (secondary N) is 1. The van der Waals surface area contributed by atoms with Crippen LogP contribution in [0.1, 0.15) is 40.5 Å². The summed E-state index contributed by atoms with van der Waals surface area (Å²) < 4.78 is 1.94. The van der Waals surface area contributed by atoms with Crippen LogP contribution in [0.25, 0.3) is 0 Å². The third-order valence-corrected chi connectivity index (χ3v) is 2.55. The minimum atomic E-state index is 0.530. The second-order valence-electron chi connectivity index (χ2n) is 4.60. The van der Waals surface area contributed by atoms with E-state index in [2.05, 4.69) is 44.3 Å². The van der Waals surface area contributed by atoms with Crippen molar-refractivity contribution in [1.29, 1.82) is 0 Å². The van der Waals surface area contributed by atoms with Gasteiger partial charge in [-0.25, -0.2) is 0 Å². The minimum absolute atomic E-state index is 0.530. The van der Waals surface area contributed by atoms with Crippen molar-refractivity contribution < 1.29 is 0 Å². The number of aromatic nitrogens is 2. The molecule has 1 heterocycles. The molecule has 1 rings (SSSR count). The van der Waals surface area contributed by atoms with E-state index in [9.17, 15) is 0 Å². The van der Waals surface area contributed by atoms with Gasteiger partial charge in [0.2, 0.25) is 0 Å². The highest BCUT2D eigenvalue weighted by atomic mass is 15.3. The lowest BCUT2D eigenvalue weighted by molar-refractivity contribution is 0.527. The van der Waals surface area contributed by atoms with Crippen LogP contribution in [0, 0.1) is 5.92 Å². The number of aryl methyl sites for hydroxylation is 1. The SMILES string of the molecule is CCn1cc(N[C@H](C)CCC(C)C)cn1. The van der Waals surface area contributed by atoms with E-state index in [1.54, 1.807) is 0 Å². The Labute approximate surface area is 92.9 Å². The van der Waals surface area contributed by atoms with Gasteiger partial charge in [-0.05, 0) is 32.6 Å². The Balaban J connectivity index is 2.33. The highest BCUT2D eigenvalue weighted by Crippen LogP contribution is 2.12. The van der Waals surface area contributed by atoms with Crippen LogP contribution < -0.4 is 5.32 Å². The number of nitrogens with zero attached hydrogens (tertiary/aromatic N) is 2. The first kappa shape index (κ1) is 12.1. The minimum Gasteiger partial charge on any atom is -0.380 e. The quantitative estimate of drug-likeness (QED) is 0.780. The molecule has 1 atom stereocenters. The fourth-order valence-corrected chi connectivity index (χ4v) is 1.55. The summed E-state index contributed by atoms with van der Waals surface area (Å²) in [6.07, 6.45) is 6.45. The monoisotopic (exact) mass is 209 g/mol. The van der Waals surface area contributed by atoms with Crippen LogP contribution >= 0.6 is 0 Å². The second-order valence-corrected chi connectivity index (χ2v) is 4.60. The molecule has 0 aliphatic carbocycles. The zero-order valence-electron chi connectivity index (χ0n) is 10.3. The Morgan fingerprint density at radius 1 is 1.33 bits per heavy atom. The molecule has 1 aromatic rings. The third-order valence-electron chi connectivity index (χ3n) is 2.55. The molecule has 0 bridgehead atoms. The fraction of sp³-hybridized carbons (Fsp3) is 0.750. The van der Waals surface area contributed by atoms with E-state index in [4.69, 9.17) is 0 Å². The third kappa shape index (κ3) is 4.36. The number of hydrogen-bond acceptors (Lipinski definition) is 2. The van der Waals surface area contributed by atoms with Gasteiger partial charge in [-0.3, -0.25) is 4.68 Å². The van der Waals surface area contributed by atoms with Crippen molar-refractivity contribution >= 4 is 5.69 Å². The molecule has 0 amide bonds. The molecule has 0 aromatic carbocycles. The number of anilines is 1. The van der Waals surface area contributed by atoms with E-state index in [1.165, 1.54) is 12.8 Å². The van der Waals surface area contributed by atoms with Crippen molar-refractivity contribution in [3.05, 3.63) is 12.4 Å². The highest BCUT2D eigenvalue weighted by molar-refractivity contribution is 5.38. The normalized spacial score (nSPS) is 13.1. The van der Waals surface area contributed by atoms with Crippen LogP contribution in [0.5, 0.6) is 0 Å². The summed E-state index contributed by atoms with van der Waals surface area (Å²) in [5, 5.41) is 7.71. The Morgan fingerprint density at radius 3 is 2.60 bits per heavy atom. The molecule has 3 nitrogen and oxygen atoms in total. The first-order chi connectivity index (χ1) is 7.11. The lowest BCUT2D eigenvalue weighted by atomic mass is 10.0. The van der Waals surface area contributed by atoms with Gasteiger partial charge in [0.1, 0.15) is 0 Å². The standard InChI is InChI=1S/C12H23N3/c1-5-15-9-12(8-13-15)14-11(4)7-6-10(2)3/h8-11,14H,5-7H2,1-4H3/t11-/m1/s1. The smallest absolute Gasteiger partial charge is 0.0728 e. The summed E-state index contributed by atoms with van der Waals surface area (Å²) in [5.74, 6) is 0.785. The molecule has 0 saturated carbocycles. The molecule has 1 aromatic heterocycles. The first-order valence-electron chi connectivity index (χ1n) is 5.90. The van der Waals surface area contributed by atoms with Crippen molar-refractivity contribution in [3.8, 4) is 0 Å². The van der Waals surface area contributed by atoms with Crippen molar-refractivity contribution in [2.45, 2.75) is 53.1 Å². The lowest BCUT2D eigenvalue weighted by Gasteiger charge is -2.14. The van der Waals surface area contributed by atoms with E-state index in [0.29, 0.717) is 6.04 Å². The summed E-state index contributed by atoms with van der Waals surface area (Å²) in [4.78, 5) is 0. The number of hydrogen-bond donors (Lipinski definition) is 1. The average Bonchev–Trinajstić information content (AvgIpc) is 2.62. The summed E-state index contributed by atoms with van der Waals surface area (Å²) in [5.41, 5.74) is 1.13. The van der Waals surface area contributed by atoms with E-state index < -0.39 is 0 Å². The zero-order valence-corrected chi connectivity index (χ0v) is 10.3. The maximum absolute atomic E-state index is 4.24. The molecule has 0 unspecified atom stereocenters. The van der Waals surface area contributed by atoms with Crippen LogP contribution in [0.2, 0.25) is 0 Å². The topological polar surface area (TPSA) is 29.9 Å². The van der Waals surface area contributed by atoms with E-state index in [-0.39, 0.29) is 0 Å². The van der Waals surface area contributed by atoms with Crippen LogP contribution in [0.15, 0.2) is 12.4 Å². The van der Waals surface area contributed by atoms with Gasteiger partial charge in [-0.2, -0.15) is 5.10 Å². The van der Waals surface area contributed by atoms with Crippen LogP contribution in [0.4, 0.5) is 5.69 Å². The summed E-state index contributed by atoms with van der Waals surface area (Å²) >= 11 is 0. The predicted molar refractivity (Wildman–Crippen MR) is 65.1 cm³/mol. The molecule has 86 valence electrons. The van der Waals surface area contributed by atoms with Gasteiger partial charge in [0, 0.05) is 18.8 Å². The van der Waals surface area contributed by atoms with Crippen molar-refractivity contribution in [1.82, 2.24) is 9.78 Å². The van der Waals surface area contributed by atoms with E-state index in [0.717, 1.165) is 18.2 Å². The average molecular weight is 209 g/mol. The largest absolute Gasteiger partial charge is 0.380 e. The number of rotatable bonds is 6. The van der Waals surface area contributed by atoms with Gasteiger partial charge in [0.25, 0.3) is 0 Å². The summed E-state index contributed by atoms with van der Waals surface area (Å²) in [6, 6.07) is 0.530. The molecule has 0 radical (unpaired) electrons. The van der Waals surface area contributed by atoms with Crippen LogP contribution in [-0.4, -0.2) is 15.8 Å². The molecule has 0 aliphatic heterocycles. The van der Waals surface area contributed by atoms with Gasteiger partial charge in [0.05, 0.1) is 11.9 Å². The molecular formula is C12H23N3. The maximum atomic E-state index is 4.24. The van der Waals surface area contributed by atoms with Gasteiger partial charge in [-0.15, -0.1) is 0 Å². The lowest BCUT2D eigenvalue weighted by Crippen LogP contribution is -2.15. The molecule has 0 aliphatic rings. The highest BCUT2D eigenvalue weighted by Gasteiger charge is 2.04. The van der Waals surface area contributed by atoms with Gasteiger partial charge in [-0.1, -0.05) is 13.8 Å². The molecule has 1 N–H and O–H groups in total. The molecular weight excluding hydrogens is 186 g/mol. The molecule has 15 heavy (non-hydrogen) atoms. The van der Waals surface area contributed by atoms with Gasteiger partial charge in [0.15, 0.2) is 0 Å². The maximum Gasteiger partial charge on any atom is 0.0728 e. The zero-order chi connectivity index (χ0) is 11.3. The van der Waals surface area contributed by atoms with E-state index >= 15 is 0 Å². The van der Waals surface area contributed by atoms with Crippen LogP contribution in [-0.2, 0) is 6.54 Å². The molecule has 0 fully saturated rings. The Hall–Kier alpha value is -0.990. The Bertz CT molecular complexity index is 278. The first-order valence-corrected chi connectivity index (χ1v) is 5.90. The predicted octanol–water partition coefficient (Wildman–Crippen LogP) is 3.14. The fourth-order valence-electron chi connectivity index (χ4n) is 1.55. The molecule has 0 spiro atoms. The van der Waals surface area contributed by atoms with Crippen molar-refractivity contribution in [2.24, 2.45) is 5.92 Å². The van der Waals surface area contributed by atoms with Crippen molar-refractivity contribution in [2.75, 3.05) is 5.32 Å². The van der Waals surface area contributed by atoms with Crippen LogP contribution in [0.3, 0.4) is 0 Å². The second kappa shape index (κ2) is 5.79. The van der Waals surface area contributed by atoms with Gasteiger partial charge < -0.3 is 5.32 Å². The Kier molecular flexibility index (Phi) is 4.66. The summed E-state index contributed by atoms with van der Waals surface area (Å²) in [6.45, 7) is 9.79. The summed E-state index contributed by atoms with van der Waals surface area (Å²) in [7, 11) is 0. The van der Waals surface area contributed by atoms with E-state index in [1.807, 2.05) is 10.9 Å².